The summed E-state index contributed by atoms with van der Waals surface area (Å²) in [5, 5.41) is 6.37. The molecule has 0 atom stereocenters. The fourth-order valence-electron chi connectivity index (χ4n) is 2.28. The van der Waals surface area contributed by atoms with Crippen LogP contribution in [0.5, 0.6) is 11.5 Å². The van der Waals surface area contributed by atoms with Crippen LogP contribution in [0.2, 0.25) is 0 Å². The molecule has 0 fully saturated rings. The molecule has 0 saturated carbocycles. The quantitative estimate of drug-likeness (QED) is 0.341. The zero-order valence-electron chi connectivity index (χ0n) is 16.5. The van der Waals surface area contributed by atoms with Crippen LogP contribution in [0.3, 0.4) is 0 Å². The van der Waals surface area contributed by atoms with E-state index >= 15 is 0 Å². The Bertz CT molecular complexity index is 756. The lowest BCUT2D eigenvalue weighted by molar-refractivity contribution is 0.354. The van der Waals surface area contributed by atoms with Gasteiger partial charge < -0.3 is 20.5 Å². The SMILES string of the molecule is COc1ccc(CN=C(N)NCCc2nc(C(C)(C)C)cs2)cc1OC.I. The van der Waals surface area contributed by atoms with Crippen molar-refractivity contribution < 1.29 is 9.47 Å². The number of ether oxygens (including phenoxy) is 2. The van der Waals surface area contributed by atoms with Crippen molar-refractivity contribution in [2.24, 2.45) is 10.7 Å². The molecule has 2 aromatic rings. The zero-order chi connectivity index (χ0) is 19.2. The van der Waals surface area contributed by atoms with Gasteiger partial charge in [0.25, 0.3) is 0 Å². The predicted molar refractivity (Wildman–Crippen MR) is 123 cm³/mol. The normalized spacial score (nSPS) is 11.7. The highest BCUT2D eigenvalue weighted by molar-refractivity contribution is 14.0. The first-order chi connectivity index (χ1) is 12.3. The third kappa shape index (κ3) is 7.17. The van der Waals surface area contributed by atoms with Crippen LogP contribution in [0, 0.1) is 0 Å². The number of nitrogens with zero attached hydrogens (tertiary/aromatic N) is 2. The van der Waals surface area contributed by atoms with Gasteiger partial charge in [-0.05, 0) is 17.7 Å². The van der Waals surface area contributed by atoms with Crippen LogP contribution >= 0.6 is 35.3 Å². The molecule has 0 unspecified atom stereocenters. The number of benzene rings is 1. The summed E-state index contributed by atoms with van der Waals surface area (Å²) in [7, 11) is 3.23. The van der Waals surface area contributed by atoms with Gasteiger partial charge in [0.1, 0.15) is 0 Å². The standard InChI is InChI=1S/C19H28N4O2S.HI/c1-19(2,3)16-12-26-17(23-16)8-9-21-18(20)22-11-13-6-7-14(24-4)15(10-13)25-5;/h6-7,10,12H,8-9,11H2,1-5H3,(H3,20,21,22);1H. The first kappa shape index (κ1) is 23.5. The first-order valence-corrected chi connectivity index (χ1v) is 9.41. The highest BCUT2D eigenvalue weighted by Crippen LogP contribution is 2.27. The Morgan fingerprint density at radius 1 is 1.22 bits per heavy atom. The smallest absolute Gasteiger partial charge is 0.188 e. The minimum absolute atomic E-state index is 0. The van der Waals surface area contributed by atoms with Crippen LogP contribution in [0.25, 0.3) is 0 Å². The average molecular weight is 504 g/mol. The molecule has 27 heavy (non-hydrogen) atoms. The van der Waals surface area contributed by atoms with Gasteiger partial charge in [-0.25, -0.2) is 9.98 Å². The summed E-state index contributed by atoms with van der Waals surface area (Å²) >= 11 is 1.69. The Morgan fingerprint density at radius 3 is 2.52 bits per heavy atom. The molecule has 0 spiro atoms. The molecular weight excluding hydrogens is 475 g/mol. The molecule has 1 heterocycles. The number of rotatable bonds is 7. The number of aromatic nitrogens is 1. The number of halogens is 1. The van der Waals surface area contributed by atoms with E-state index in [9.17, 15) is 0 Å². The van der Waals surface area contributed by atoms with Crippen molar-refractivity contribution in [2.75, 3.05) is 20.8 Å². The fourth-order valence-corrected chi connectivity index (χ4v) is 3.30. The summed E-state index contributed by atoms with van der Waals surface area (Å²) in [5.41, 5.74) is 8.17. The van der Waals surface area contributed by atoms with Crippen molar-refractivity contribution in [3.63, 3.8) is 0 Å². The number of hydrogen-bond donors (Lipinski definition) is 2. The summed E-state index contributed by atoms with van der Waals surface area (Å²) in [6.45, 7) is 7.69. The van der Waals surface area contributed by atoms with Gasteiger partial charge in [0.05, 0.1) is 31.5 Å². The first-order valence-electron chi connectivity index (χ1n) is 8.53. The van der Waals surface area contributed by atoms with Crippen molar-refractivity contribution in [3.05, 3.63) is 39.8 Å². The molecule has 8 heteroatoms. The van der Waals surface area contributed by atoms with Crippen LogP contribution < -0.4 is 20.5 Å². The van der Waals surface area contributed by atoms with E-state index in [0.717, 1.165) is 22.7 Å². The number of thiazole rings is 1. The van der Waals surface area contributed by atoms with Crippen LogP contribution in [-0.2, 0) is 18.4 Å². The van der Waals surface area contributed by atoms with E-state index in [1.165, 1.54) is 0 Å². The molecule has 0 saturated heterocycles. The van der Waals surface area contributed by atoms with E-state index in [-0.39, 0.29) is 29.4 Å². The summed E-state index contributed by atoms with van der Waals surface area (Å²) in [6.07, 6.45) is 0.827. The number of aliphatic imine (C=N–C) groups is 1. The Kier molecular flexibility index (Phi) is 9.31. The Morgan fingerprint density at radius 2 is 1.93 bits per heavy atom. The van der Waals surface area contributed by atoms with Crippen molar-refractivity contribution in [2.45, 2.75) is 39.2 Å². The third-order valence-electron chi connectivity index (χ3n) is 3.85. The van der Waals surface area contributed by atoms with Gasteiger partial charge >= 0.3 is 0 Å². The third-order valence-corrected chi connectivity index (χ3v) is 4.75. The summed E-state index contributed by atoms with van der Waals surface area (Å²) in [4.78, 5) is 9.05. The number of methoxy groups -OCH3 is 2. The van der Waals surface area contributed by atoms with Crippen molar-refractivity contribution in [1.82, 2.24) is 10.3 Å². The number of nitrogens with two attached hydrogens (primary N) is 1. The molecule has 0 amide bonds. The summed E-state index contributed by atoms with van der Waals surface area (Å²) in [6, 6.07) is 5.71. The molecule has 150 valence electrons. The molecule has 2 rings (SSSR count). The fraction of sp³-hybridized carbons (Fsp3) is 0.474. The second-order valence-corrected chi connectivity index (χ2v) is 7.89. The highest BCUT2D eigenvalue weighted by atomic mass is 127. The van der Waals surface area contributed by atoms with Gasteiger partial charge in [0.15, 0.2) is 17.5 Å². The van der Waals surface area contributed by atoms with Crippen LogP contribution in [0.1, 0.15) is 37.0 Å². The number of guanidine groups is 1. The minimum Gasteiger partial charge on any atom is -0.493 e. The lowest BCUT2D eigenvalue weighted by Crippen LogP contribution is -2.33. The topological polar surface area (TPSA) is 81.8 Å². The highest BCUT2D eigenvalue weighted by Gasteiger charge is 2.17. The van der Waals surface area contributed by atoms with Gasteiger partial charge in [-0.15, -0.1) is 35.3 Å². The second-order valence-electron chi connectivity index (χ2n) is 6.94. The molecule has 0 aliphatic rings. The maximum Gasteiger partial charge on any atom is 0.188 e. The van der Waals surface area contributed by atoms with Crippen LogP contribution in [0.4, 0.5) is 0 Å². The lowest BCUT2D eigenvalue weighted by Gasteiger charge is -2.14. The molecule has 1 aromatic carbocycles. The number of hydrogen-bond acceptors (Lipinski definition) is 5. The maximum absolute atomic E-state index is 5.95. The van der Waals surface area contributed by atoms with Crippen LogP contribution in [0.15, 0.2) is 28.6 Å². The number of nitrogens with one attached hydrogen (secondary N) is 1. The van der Waals surface area contributed by atoms with E-state index in [4.69, 9.17) is 15.2 Å². The van der Waals surface area contributed by atoms with Crippen LogP contribution in [-0.4, -0.2) is 31.7 Å². The molecular formula is C19H29IN4O2S. The van der Waals surface area contributed by atoms with E-state index in [1.807, 2.05) is 18.2 Å². The van der Waals surface area contributed by atoms with E-state index < -0.39 is 0 Å². The average Bonchev–Trinajstić information content (AvgIpc) is 3.09. The molecule has 0 bridgehead atoms. The Balaban J connectivity index is 0.00000364. The van der Waals surface area contributed by atoms with Gasteiger partial charge in [0.2, 0.25) is 0 Å². The van der Waals surface area contributed by atoms with Crippen molar-refractivity contribution >= 4 is 41.3 Å². The summed E-state index contributed by atoms with van der Waals surface area (Å²) in [5.74, 6) is 1.81. The monoisotopic (exact) mass is 504 g/mol. The van der Waals surface area contributed by atoms with E-state index in [0.29, 0.717) is 30.5 Å². The summed E-state index contributed by atoms with van der Waals surface area (Å²) < 4.78 is 10.5. The van der Waals surface area contributed by atoms with Gasteiger partial charge in [-0.3, -0.25) is 0 Å². The minimum atomic E-state index is 0. The van der Waals surface area contributed by atoms with E-state index in [1.54, 1.807) is 25.6 Å². The maximum atomic E-state index is 5.95. The molecule has 0 radical (unpaired) electrons. The van der Waals surface area contributed by atoms with E-state index in [2.05, 4.69) is 41.4 Å². The Hall–Kier alpha value is -1.55. The molecule has 6 nitrogen and oxygen atoms in total. The van der Waals surface area contributed by atoms with Gasteiger partial charge in [0, 0.05) is 23.8 Å². The largest absolute Gasteiger partial charge is 0.493 e. The Labute approximate surface area is 182 Å². The van der Waals surface area contributed by atoms with Gasteiger partial charge in [-0.2, -0.15) is 0 Å². The molecule has 0 aliphatic heterocycles. The second kappa shape index (κ2) is 10.7. The van der Waals surface area contributed by atoms with Crippen molar-refractivity contribution in [1.29, 1.82) is 0 Å². The predicted octanol–water partition coefficient (Wildman–Crippen LogP) is 3.72. The van der Waals surface area contributed by atoms with Crippen molar-refractivity contribution in [3.8, 4) is 11.5 Å². The van der Waals surface area contributed by atoms with Gasteiger partial charge in [-0.1, -0.05) is 26.8 Å². The molecule has 0 aliphatic carbocycles. The zero-order valence-corrected chi connectivity index (χ0v) is 19.7. The molecule has 1 aromatic heterocycles. The molecule has 3 N–H and O–H groups in total. The lowest BCUT2D eigenvalue weighted by atomic mass is 9.93.